The summed E-state index contributed by atoms with van der Waals surface area (Å²) >= 11 is 3.64. The fourth-order valence-electron chi connectivity index (χ4n) is 5.36. The van der Waals surface area contributed by atoms with Crippen LogP contribution in [0, 0.1) is 11.8 Å². The van der Waals surface area contributed by atoms with Crippen LogP contribution >= 0.6 is 15.9 Å². The van der Waals surface area contributed by atoms with Crippen molar-refractivity contribution < 1.29 is 14.4 Å². The number of likely N-dealkylation sites (N-methyl/N-ethyl adjacent to an activating group) is 1. The van der Waals surface area contributed by atoms with E-state index in [0.29, 0.717) is 10.4 Å². The number of nitrogens with zero attached hydrogens (tertiary/aromatic N) is 3. The third-order valence-electron chi connectivity index (χ3n) is 7.69. The average Bonchev–Trinajstić information content (AvgIpc) is 2.84. The SMILES string of the molecule is C/C(=C\[C@H](C(C)C)N(C)C(=O)C(NC(=O)C1CCCCN1C(C)C)C(C)C)C(=O)N1CCC(Br)CC1. The highest BCUT2D eigenvalue weighted by molar-refractivity contribution is 9.09. The summed E-state index contributed by atoms with van der Waals surface area (Å²) in [6.07, 6.45) is 6.80. The number of hydrogen-bond acceptors (Lipinski definition) is 4. The molecule has 0 saturated carbocycles. The number of piperidine rings is 2. The van der Waals surface area contributed by atoms with Crippen LogP contribution < -0.4 is 5.32 Å². The second kappa shape index (κ2) is 13.9. The van der Waals surface area contributed by atoms with Gasteiger partial charge in [-0.25, -0.2) is 0 Å². The Kier molecular flexibility index (Phi) is 11.9. The van der Waals surface area contributed by atoms with Crippen molar-refractivity contribution in [2.24, 2.45) is 11.8 Å². The molecule has 2 fully saturated rings. The zero-order valence-electron chi connectivity index (χ0n) is 23.7. The number of carbonyl (C=O) groups excluding carboxylic acids is 3. The Labute approximate surface area is 227 Å². The van der Waals surface area contributed by atoms with Crippen LogP contribution in [0.1, 0.15) is 80.6 Å². The molecule has 0 aromatic rings. The van der Waals surface area contributed by atoms with Gasteiger partial charge in [0.15, 0.2) is 0 Å². The molecule has 0 aromatic carbocycles. The van der Waals surface area contributed by atoms with Crippen molar-refractivity contribution in [3.05, 3.63) is 11.6 Å². The molecule has 2 unspecified atom stereocenters. The van der Waals surface area contributed by atoms with E-state index in [1.54, 1.807) is 11.9 Å². The molecule has 0 spiro atoms. The number of alkyl halides is 1. The van der Waals surface area contributed by atoms with Crippen LogP contribution in [0.5, 0.6) is 0 Å². The first kappa shape index (κ1) is 30.8. The molecule has 7 nitrogen and oxygen atoms in total. The topological polar surface area (TPSA) is 73.0 Å². The molecule has 8 heteroatoms. The third kappa shape index (κ3) is 8.04. The molecule has 206 valence electrons. The van der Waals surface area contributed by atoms with Gasteiger partial charge in [-0.05, 0) is 64.8 Å². The maximum atomic E-state index is 13.7. The first-order valence-corrected chi connectivity index (χ1v) is 14.7. The predicted molar refractivity (Wildman–Crippen MR) is 150 cm³/mol. The van der Waals surface area contributed by atoms with Gasteiger partial charge < -0.3 is 15.1 Å². The second-order valence-corrected chi connectivity index (χ2v) is 12.9. The normalized spacial score (nSPS) is 22.2. The molecular formula is C28H49BrN4O3. The van der Waals surface area contributed by atoms with E-state index >= 15 is 0 Å². The van der Waals surface area contributed by atoms with E-state index in [0.717, 1.165) is 51.7 Å². The van der Waals surface area contributed by atoms with Crippen molar-refractivity contribution in [2.45, 2.75) is 110 Å². The average molecular weight is 570 g/mol. The smallest absolute Gasteiger partial charge is 0.249 e. The summed E-state index contributed by atoms with van der Waals surface area (Å²) < 4.78 is 0. The maximum absolute atomic E-state index is 13.7. The monoisotopic (exact) mass is 568 g/mol. The van der Waals surface area contributed by atoms with E-state index in [-0.39, 0.29) is 47.7 Å². The lowest BCUT2D eigenvalue weighted by molar-refractivity contribution is -0.140. The zero-order chi connectivity index (χ0) is 27.2. The van der Waals surface area contributed by atoms with E-state index in [9.17, 15) is 14.4 Å². The maximum Gasteiger partial charge on any atom is 0.249 e. The van der Waals surface area contributed by atoms with Gasteiger partial charge in [-0.1, -0.05) is 56.1 Å². The van der Waals surface area contributed by atoms with Crippen LogP contribution in [0.3, 0.4) is 0 Å². The van der Waals surface area contributed by atoms with E-state index in [1.807, 2.05) is 31.7 Å². The number of rotatable bonds is 9. The Hall–Kier alpha value is -1.41. The highest BCUT2D eigenvalue weighted by Gasteiger charge is 2.36. The quantitative estimate of drug-likeness (QED) is 0.334. The van der Waals surface area contributed by atoms with E-state index in [2.05, 4.69) is 53.8 Å². The number of amides is 3. The summed E-state index contributed by atoms with van der Waals surface area (Å²) in [6.45, 7) is 16.6. The molecule has 3 amide bonds. The highest BCUT2D eigenvalue weighted by atomic mass is 79.9. The van der Waals surface area contributed by atoms with Crippen molar-refractivity contribution in [3.8, 4) is 0 Å². The Morgan fingerprint density at radius 1 is 0.944 bits per heavy atom. The Bertz CT molecular complexity index is 790. The molecule has 2 rings (SSSR count). The lowest BCUT2D eigenvalue weighted by Gasteiger charge is -2.39. The van der Waals surface area contributed by atoms with Crippen molar-refractivity contribution in [2.75, 3.05) is 26.7 Å². The van der Waals surface area contributed by atoms with Gasteiger partial charge in [0, 0.05) is 36.6 Å². The first-order valence-electron chi connectivity index (χ1n) is 13.8. The molecule has 0 aromatic heterocycles. The summed E-state index contributed by atoms with van der Waals surface area (Å²) in [4.78, 5) is 46.5. The van der Waals surface area contributed by atoms with E-state index in [1.165, 1.54) is 0 Å². The molecule has 2 heterocycles. The molecule has 0 bridgehead atoms. The van der Waals surface area contributed by atoms with Crippen LogP contribution in [0.2, 0.25) is 0 Å². The van der Waals surface area contributed by atoms with Gasteiger partial charge in [0.2, 0.25) is 17.7 Å². The first-order chi connectivity index (χ1) is 16.8. The Morgan fingerprint density at radius 2 is 1.56 bits per heavy atom. The van der Waals surface area contributed by atoms with Gasteiger partial charge in [-0.15, -0.1) is 0 Å². The van der Waals surface area contributed by atoms with Crippen molar-refractivity contribution in [1.82, 2.24) is 20.0 Å². The summed E-state index contributed by atoms with van der Waals surface area (Å²) in [5, 5.41) is 3.11. The summed E-state index contributed by atoms with van der Waals surface area (Å²) in [7, 11) is 1.79. The zero-order valence-corrected chi connectivity index (χ0v) is 25.3. The van der Waals surface area contributed by atoms with Crippen LogP contribution in [-0.4, -0.2) is 88.1 Å². The second-order valence-electron chi connectivity index (χ2n) is 11.6. The van der Waals surface area contributed by atoms with Crippen molar-refractivity contribution in [3.63, 3.8) is 0 Å². The molecular weight excluding hydrogens is 520 g/mol. The predicted octanol–water partition coefficient (Wildman–Crippen LogP) is 4.21. The lowest BCUT2D eigenvalue weighted by Crippen LogP contribution is -2.58. The van der Waals surface area contributed by atoms with Crippen LogP contribution in [0.15, 0.2) is 11.6 Å². The number of carbonyl (C=O) groups is 3. The Balaban J connectivity index is 2.16. The number of nitrogens with one attached hydrogen (secondary N) is 1. The van der Waals surface area contributed by atoms with Gasteiger partial charge in [0.1, 0.15) is 6.04 Å². The molecule has 0 aliphatic carbocycles. The highest BCUT2D eigenvalue weighted by Crippen LogP contribution is 2.23. The fourth-order valence-corrected chi connectivity index (χ4v) is 5.77. The molecule has 3 atom stereocenters. The van der Waals surface area contributed by atoms with Crippen molar-refractivity contribution in [1.29, 1.82) is 0 Å². The van der Waals surface area contributed by atoms with Gasteiger partial charge in [-0.3, -0.25) is 19.3 Å². The molecule has 2 aliphatic heterocycles. The minimum atomic E-state index is -0.609. The van der Waals surface area contributed by atoms with Gasteiger partial charge >= 0.3 is 0 Å². The van der Waals surface area contributed by atoms with Crippen LogP contribution in [-0.2, 0) is 14.4 Å². The Morgan fingerprint density at radius 3 is 2.08 bits per heavy atom. The molecule has 0 radical (unpaired) electrons. The van der Waals surface area contributed by atoms with Gasteiger partial charge in [0.25, 0.3) is 0 Å². The number of hydrogen-bond donors (Lipinski definition) is 1. The minimum Gasteiger partial charge on any atom is -0.343 e. The number of halogens is 1. The molecule has 1 N–H and O–H groups in total. The van der Waals surface area contributed by atoms with E-state index < -0.39 is 6.04 Å². The molecule has 2 saturated heterocycles. The summed E-state index contributed by atoms with van der Waals surface area (Å²) in [5.41, 5.74) is 0.668. The standard InChI is InChI=1S/C28H49BrN4O3/c1-18(2)24(17-21(7)27(35)32-15-12-22(29)13-16-32)31(8)28(36)25(19(3)4)30-26(34)23-11-9-10-14-33(23)20(5)6/h17-20,22-25H,9-16H2,1-8H3,(H,30,34)/b21-17+/t23?,24-,25?/m1/s1. The van der Waals surface area contributed by atoms with Crippen LogP contribution in [0.4, 0.5) is 0 Å². The van der Waals surface area contributed by atoms with Gasteiger partial charge in [-0.2, -0.15) is 0 Å². The molecule has 36 heavy (non-hydrogen) atoms. The lowest BCUT2D eigenvalue weighted by atomic mass is 9.95. The van der Waals surface area contributed by atoms with Gasteiger partial charge in [0.05, 0.1) is 12.1 Å². The largest absolute Gasteiger partial charge is 0.343 e. The minimum absolute atomic E-state index is 0.0423. The van der Waals surface area contributed by atoms with Crippen LogP contribution in [0.25, 0.3) is 0 Å². The summed E-state index contributed by atoms with van der Waals surface area (Å²) in [5.74, 6) is -0.0541. The molecule has 2 aliphatic rings. The third-order valence-corrected chi connectivity index (χ3v) is 8.60. The van der Waals surface area contributed by atoms with E-state index in [4.69, 9.17) is 0 Å². The van der Waals surface area contributed by atoms with Crippen molar-refractivity contribution >= 4 is 33.7 Å². The summed E-state index contributed by atoms with van der Waals surface area (Å²) in [6, 6.07) is -0.757. The fraction of sp³-hybridized carbons (Fsp3) is 0.821. The number of likely N-dealkylation sites (tertiary alicyclic amines) is 2.